The Bertz CT molecular complexity index is 3410. The first-order chi connectivity index (χ1) is 32.1. The molecule has 5 heteroatoms. The van der Waals surface area contributed by atoms with Crippen LogP contribution in [0.1, 0.15) is 0 Å². The molecular weight excluding hydrogens is 857 g/mol. The number of para-hydroxylation sites is 4. The first-order valence-corrected chi connectivity index (χ1v) is 22.5. The molecule has 0 unspecified atom stereocenters. The molecule has 65 heavy (non-hydrogen) atoms. The molecule has 0 radical (unpaired) electrons. The minimum absolute atomic E-state index is 0.805. The maximum Gasteiger partial charge on any atom is 0.0541 e. The Hall–Kier alpha value is -8.12. The van der Waals surface area contributed by atoms with Crippen LogP contribution in [0.15, 0.2) is 259 Å². The van der Waals surface area contributed by atoms with Crippen molar-refractivity contribution in [1.29, 1.82) is 0 Å². The Morgan fingerprint density at radius 1 is 0.308 bits per heavy atom. The average molecular weight is 902 g/mol. The lowest BCUT2D eigenvalue weighted by Gasteiger charge is -2.12. The van der Waals surface area contributed by atoms with E-state index in [0.717, 1.165) is 27.2 Å². The van der Waals surface area contributed by atoms with Crippen molar-refractivity contribution in [3.05, 3.63) is 259 Å². The highest BCUT2D eigenvalue weighted by molar-refractivity contribution is 9.10. The summed E-state index contributed by atoms with van der Waals surface area (Å²) >= 11 is 3.56. The van der Waals surface area contributed by atoms with Gasteiger partial charge in [-0.3, -0.25) is 0 Å². The molecule has 0 aliphatic heterocycles. The third kappa shape index (κ3) is 8.79. The van der Waals surface area contributed by atoms with Crippen LogP contribution in [0.25, 0.3) is 77.2 Å². The van der Waals surface area contributed by atoms with Crippen molar-refractivity contribution in [1.82, 2.24) is 9.13 Å². The molecule has 10 aromatic carbocycles. The Morgan fingerprint density at radius 3 is 1.12 bits per heavy atom. The number of nitrogens with zero attached hydrogens (tertiary/aromatic N) is 2. The van der Waals surface area contributed by atoms with Gasteiger partial charge < -0.3 is 20.2 Å². The molecule has 0 fully saturated rings. The van der Waals surface area contributed by atoms with Gasteiger partial charge in [-0.15, -0.1) is 0 Å². The first-order valence-electron chi connectivity index (χ1n) is 21.7. The van der Waals surface area contributed by atoms with Crippen molar-refractivity contribution in [2.24, 2.45) is 0 Å². The molecule has 0 aliphatic rings. The van der Waals surface area contributed by atoms with Gasteiger partial charge in [-0.05, 0) is 107 Å². The lowest BCUT2D eigenvalue weighted by molar-refractivity contribution is 1.18. The van der Waals surface area contributed by atoms with E-state index in [-0.39, 0.29) is 0 Å². The zero-order valence-electron chi connectivity index (χ0n) is 35.6. The van der Waals surface area contributed by atoms with Gasteiger partial charge in [0.25, 0.3) is 0 Å². The molecule has 12 rings (SSSR count). The molecule has 12 aromatic rings. The number of hydrogen-bond donors (Lipinski definition) is 2. The Morgan fingerprint density at radius 2 is 0.677 bits per heavy atom. The van der Waals surface area contributed by atoms with Crippen molar-refractivity contribution in [3.63, 3.8) is 0 Å². The van der Waals surface area contributed by atoms with Crippen LogP contribution in [-0.2, 0) is 0 Å². The summed E-state index contributed by atoms with van der Waals surface area (Å²) in [6.07, 6.45) is 0. The van der Waals surface area contributed by atoms with Crippen LogP contribution in [0.2, 0.25) is 0 Å². The molecule has 0 saturated carbocycles. The molecule has 2 heterocycles. The second-order valence-corrected chi connectivity index (χ2v) is 16.7. The highest BCUT2D eigenvalue weighted by Gasteiger charge is 2.13. The summed E-state index contributed by atoms with van der Waals surface area (Å²) in [5.74, 6) is 0. The van der Waals surface area contributed by atoms with E-state index in [0.29, 0.717) is 0 Å². The second kappa shape index (κ2) is 18.7. The molecule has 312 valence electrons. The van der Waals surface area contributed by atoms with E-state index in [1.165, 1.54) is 71.6 Å². The Kier molecular flexibility index (Phi) is 11.8. The van der Waals surface area contributed by atoms with Crippen LogP contribution in [0.3, 0.4) is 0 Å². The molecule has 0 bridgehead atoms. The molecule has 0 saturated heterocycles. The van der Waals surface area contributed by atoms with Crippen LogP contribution < -0.4 is 11.1 Å². The molecule has 0 aliphatic carbocycles. The molecule has 3 N–H and O–H groups in total. The summed E-state index contributed by atoms with van der Waals surface area (Å²) in [4.78, 5) is 0. The molecule has 4 nitrogen and oxygen atoms in total. The number of nitrogen functional groups attached to an aromatic ring is 1. The van der Waals surface area contributed by atoms with Crippen molar-refractivity contribution < 1.29 is 0 Å². The van der Waals surface area contributed by atoms with E-state index in [1.807, 2.05) is 48.5 Å². The summed E-state index contributed by atoms with van der Waals surface area (Å²) in [7, 11) is 0. The van der Waals surface area contributed by atoms with Crippen molar-refractivity contribution in [2.45, 2.75) is 0 Å². The van der Waals surface area contributed by atoms with Gasteiger partial charge >= 0.3 is 0 Å². The third-order valence-electron chi connectivity index (χ3n) is 11.6. The number of nitrogens with two attached hydrogens (primary N) is 1. The topological polar surface area (TPSA) is 47.9 Å². The fraction of sp³-hybridized carbons (Fsp3) is 0. The fourth-order valence-electron chi connectivity index (χ4n) is 8.59. The molecule has 2 aromatic heterocycles. The van der Waals surface area contributed by atoms with Crippen LogP contribution in [0.5, 0.6) is 0 Å². The highest BCUT2D eigenvalue weighted by atomic mass is 79.9. The van der Waals surface area contributed by atoms with Crippen LogP contribution in [0, 0.1) is 0 Å². The standard InChI is InChI=1S/C30H22N2.C18H12BrN.C12H11N/c1-2-9-22(10-3-1)23-17-19-24(20-18-23)31-25-11-8-12-26(21-25)32-29-15-6-4-13-27(29)28-14-5-7-16-30(28)32;19-13-6-5-7-14(12-13)20-17-10-3-1-8-15(17)16-9-2-4-11-18(16)20;13-12-8-6-11(7-9-12)10-4-2-1-3-5-10/h1-21,31H;1-12H;1-9H,13H2. The van der Waals surface area contributed by atoms with Gasteiger partial charge in [-0.25, -0.2) is 0 Å². The number of hydrogen-bond acceptors (Lipinski definition) is 2. The second-order valence-electron chi connectivity index (χ2n) is 15.8. The number of anilines is 3. The van der Waals surface area contributed by atoms with Gasteiger partial charge in [0, 0.05) is 54.5 Å². The van der Waals surface area contributed by atoms with Gasteiger partial charge in [0.1, 0.15) is 0 Å². The maximum atomic E-state index is 5.60. The third-order valence-corrected chi connectivity index (χ3v) is 12.1. The van der Waals surface area contributed by atoms with Crippen LogP contribution in [-0.4, -0.2) is 9.13 Å². The van der Waals surface area contributed by atoms with E-state index in [1.54, 1.807) is 0 Å². The number of benzene rings is 10. The van der Waals surface area contributed by atoms with Gasteiger partial charge in [0.15, 0.2) is 0 Å². The number of aromatic nitrogens is 2. The lowest BCUT2D eigenvalue weighted by atomic mass is 10.1. The quantitative estimate of drug-likeness (QED) is 0.163. The fourth-order valence-corrected chi connectivity index (χ4v) is 8.98. The predicted octanol–water partition coefficient (Wildman–Crippen LogP) is 16.7. The summed E-state index contributed by atoms with van der Waals surface area (Å²) in [5.41, 5.74) is 20.7. The zero-order chi connectivity index (χ0) is 44.0. The van der Waals surface area contributed by atoms with Gasteiger partial charge in [0.2, 0.25) is 0 Å². The van der Waals surface area contributed by atoms with E-state index in [4.69, 9.17) is 5.73 Å². The smallest absolute Gasteiger partial charge is 0.0541 e. The van der Waals surface area contributed by atoms with E-state index < -0.39 is 0 Å². The van der Waals surface area contributed by atoms with Crippen molar-refractivity contribution >= 4 is 76.6 Å². The Balaban J connectivity index is 0.000000128. The largest absolute Gasteiger partial charge is 0.399 e. The number of fused-ring (bicyclic) bond motifs is 6. The van der Waals surface area contributed by atoms with Crippen LogP contribution in [0.4, 0.5) is 17.1 Å². The summed E-state index contributed by atoms with van der Waals surface area (Å²) in [6.45, 7) is 0. The van der Waals surface area contributed by atoms with E-state index in [2.05, 4.69) is 237 Å². The number of halogens is 1. The van der Waals surface area contributed by atoms with E-state index in [9.17, 15) is 0 Å². The Labute approximate surface area is 387 Å². The summed E-state index contributed by atoms with van der Waals surface area (Å²) < 4.78 is 5.75. The minimum Gasteiger partial charge on any atom is -0.399 e. The average Bonchev–Trinajstić information content (AvgIpc) is 3.89. The van der Waals surface area contributed by atoms with E-state index >= 15 is 0 Å². The number of rotatable bonds is 6. The SMILES string of the molecule is Brc1cccc(-n2c3ccccc3c3ccccc32)c1.Nc1ccc(-c2ccccc2)cc1.c1ccc(-c2ccc(Nc3cccc(-n4c5ccccc5c5ccccc54)c3)cc2)cc1. The van der Waals surface area contributed by atoms with Gasteiger partial charge in [-0.1, -0.05) is 186 Å². The molecule has 0 amide bonds. The zero-order valence-corrected chi connectivity index (χ0v) is 37.2. The summed E-state index contributed by atoms with van der Waals surface area (Å²) in [6, 6.07) is 88.6. The predicted molar refractivity (Wildman–Crippen MR) is 281 cm³/mol. The minimum atomic E-state index is 0.805. The first kappa shape index (κ1) is 40.9. The van der Waals surface area contributed by atoms with Crippen molar-refractivity contribution in [3.8, 4) is 33.6 Å². The van der Waals surface area contributed by atoms with Crippen LogP contribution >= 0.6 is 15.9 Å². The monoisotopic (exact) mass is 900 g/mol. The highest BCUT2D eigenvalue weighted by Crippen LogP contribution is 2.34. The van der Waals surface area contributed by atoms with Gasteiger partial charge in [0.05, 0.1) is 22.1 Å². The number of nitrogens with one attached hydrogen (secondary N) is 1. The molecular formula is C60H45BrN4. The van der Waals surface area contributed by atoms with Gasteiger partial charge in [-0.2, -0.15) is 0 Å². The summed E-state index contributed by atoms with van der Waals surface area (Å²) in [5, 5.41) is 8.71. The normalized spacial score (nSPS) is 10.9. The molecule has 0 spiro atoms. The lowest BCUT2D eigenvalue weighted by Crippen LogP contribution is -1.96. The van der Waals surface area contributed by atoms with Crippen molar-refractivity contribution in [2.75, 3.05) is 11.1 Å². The molecule has 0 atom stereocenters. The maximum absolute atomic E-state index is 5.60.